The van der Waals surface area contributed by atoms with Crippen molar-refractivity contribution in [2.24, 2.45) is 0 Å². The molecule has 0 aliphatic carbocycles. The first-order valence-corrected chi connectivity index (χ1v) is 11.5. The number of aromatic nitrogens is 1. The molecule has 0 saturated carbocycles. The van der Waals surface area contributed by atoms with Gasteiger partial charge in [-0.25, -0.2) is 13.4 Å². The molecule has 2 aromatic carbocycles. The van der Waals surface area contributed by atoms with Crippen LogP contribution in [0.3, 0.4) is 0 Å². The first-order chi connectivity index (χ1) is 14.4. The molecule has 0 radical (unpaired) electrons. The standard InChI is InChI=1S/C21H20N4O3S2/c1-2-30(27,28)25-10-8-15-6-3-7-17(16(15)13-25)23-9-4-5-14-11-18(26)20-19(12-14)29-21(22)24-20/h2-3,6-7,11-12,23,26H,1,8-10,13H2,(H2,22,24). The summed E-state index contributed by atoms with van der Waals surface area (Å²) in [4.78, 5) is 4.09. The fourth-order valence-electron chi connectivity index (χ4n) is 3.43. The Morgan fingerprint density at radius 2 is 2.23 bits per heavy atom. The average molecular weight is 441 g/mol. The highest BCUT2D eigenvalue weighted by atomic mass is 32.2. The molecule has 30 heavy (non-hydrogen) atoms. The van der Waals surface area contributed by atoms with Crippen LogP contribution in [-0.4, -0.2) is 35.9 Å². The highest BCUT2D eigenvalue weighted by molar-refractivity contribution is 7.92. The van der Waals surface area contributed by atoms with E-state index in [0.29, 0.717) is 42.3 Å². The van der Waals surface area contributed by atoms with Crippen molar-refractivity contribution in [1.82, 2.24) is 9.29 Å². The SMILES string of the molecule is C=CS(=O)(=O)N1CCc2cccc(NCC#Cc3cc(O)c4nc(N)sc4c3)c2C1. The Hall–Kier alpha value is -3.06. The lowest BCUT2D eigenvalue weighted by molar-refractivity contribution is 0.398. The third-order valence-corrected chi connectivity index (χ3v) is 7.18. The number of aromatic hydroxyl groups is 1. The molecule has 0 saturated heterocycles. The van der Waals surface area contributed by atoms with Gasteiger partial charge in [0.1, 0.15) is 11.3 Å². The number of nitrogen functional groups attached to an aromatic ring is 1. The largest absolute Gasteiger partial charge is 0.506 e. The van der Waals surface area contributed by atoms with Gasteiger partial charge in [0.05, 0.1) is 11.2 Å². The Balaban J connectivity index is 1.51. The van der Waals surface area contributed by atoms with Gasteiger partial charge in [0.2, 0.25) is 10.0 Å². The summed E-state index contributed by atoms with van der Waals surface area (Å²) in [5, 5.41) is 14.7. The van der Waals surface area contributed by atoms with Crippen LogP contribution in [0, 0.1) is 11.8 Å². The maximum absolute atomic E-state index is 12.1. The fourth-order valence-corrected chi connectivity index (χ4v) is 5.09. The van der Waals surface area contributed by atoms with E-state index in [1.165, 1.54) is 15.6 Å². The van der Waals surface area contributed by atoms with Crippen molar-refractivity contribution in [3.05, 3.63) is 59.0 Å². The number of phenolic OH excluding ortho intramolecular Hbond substituents is 1. The molecule has 4 N–H and O–H groups in total. The van der Waals surface area contributed by atoms with E-state index in [-0.39, 0.29) is 5.75 Å². The lowest BCUT2D eigenvalue weighted by Gasteiger charge is -2.28. The number of nitrogens with one attached hydrogen (secondary N) is 1. The fraction of sp³-hybridized carbons (Fsp3) is 0.190. The van der Waals surface area contributed by atoms with Crippen LogP contribution >= 0.6 is 11.3 Å². The molecule has 0 fully saturated rings. The van der Waals surface area contributed by atoms with E-state index in [2.05, 4.69) is 28.7 Å². The van der Waals surface area contributed by atoms with Gasteiger partial charge in [0.25, 0.3) is 0 Å². The monoisotopic (exact) mass is 440 g/mol. The van der Waals surface area contributed by atoms with Crippen molar-refractivity contribution in [2.45, 2.75) is 13.0 Å². The molecule has 154 valence electrons. The van der Waals surface area contributed by atoms with Crippen LogP contribution in [-0.2, 0) is 23.0 Å². The maximum atomic E-state index is 12.1. The lowest BCUT2D eigenvalue weighted by atomic mass is 9.99. The molecular formula is C21H20N4O3S2. The molecule has 1 aliphatic rings. The van der Waals surface area contributed by atoms with Crippen molar-refractivity contribution in [3.8, 4) is 17.6 Å². The van der Waals surface area contributed by atoms with Crippen molar-refractivity contribution >= 4 is 42.4 Å². The summed E-state index contributed by atoms with van der Waals surface area (Å²) >= 11 is 1.30. The van der Waals surface area contributed by atoms with Gasteiger partial charge in [0.15, 0.2) is 5.13 Å². The minimum atomic E-state index is -3.46. The predicted octanol–water partition coefficient (Wildman–Crippen LogP) is 2.88. The van der Waals surface area contributed by atoms with Crippen LogP contribution in [0.15, 0.2) is 42.3 Å². The average Bonchev–Trinajstić information content (AvgIpc) is 3.11. The molecule has 0 unspecified atom stereocenters. The number of sulfonamides is 1. The lowest BCUT2D eigenvalue weighted by Crippen LogP contribution is -2.35. The second-order valence-corrected chi connectivity index (χ2v) is 9.73. The van der Waals surface area contributed by atoms with Crippen LogP contribution in [0.1, 0.15) is 16.7 Å². The summed E-state index contributed by atoms with van der Waals surface area (Å²) < 4.78 is 26.5. The number of hydrogen-bond donors (Lipinski definition) is 3. The van der Waals surface area contributed by atoms with Gasteiger partial charge in [0, 0.05) is 29.7 Å². The molecule has 0 atom stereocenters. The number of phenols is 1. The van der Waals surface area contributed by atoms with E-state index in [1.54, 1.807) is 6.07 Å². The summed E-state index contributed by atoms with van der Waals surface area (Å²) in [6, 6.07) is 9.30. The van der Waals surface area contributed by atoms with Crippen LogP contribution in [0.25, 0.3) is 10.2 Å². The Bertz CT molecular complexity index is 1300. The number of fused-ring (bicyclic) bond motifs is 2. The van der Waals surface area contributed by atoms with Gasteiger partial charge >= 0.3 is 0 Å². The minimum Gasteiger partial charge on any atom is -0.506 e. The van der Waals surface area contributed by atoms with E-state index >= 15 is 0 Å². The normalized spacial score (nSPS) is 14.0. The van der Waals surface area contributed by atoms with Gasteiger partial charge in [-0.3, -0.25) is 0 Å². The van der Waals surface area contributed by atoms with E-state index in [1.807, 2.05) is 24.3 Å². The van der Waals surface area contributed by atoms with Gasteiger partial charge < -0.3 is 16.2 Å². The Morgan fingerprint density at radius 1 is 1.40 bits per heavy atom. The third kappa shape index (κ3) is 3.98. The molecule has 2 heterocycles. The Morgan fingerprint density at radius 3 is 3.03 bits per heavy atom. The highest BCUT2D eigenvalue weighted by Crippen LogP contribution is 2.31. The van der Waals surface area contributed by atoms with Crippen molar-refractivity contribution in [3.63, 3.8) is 0 Å². The summed E-state index contributed by atoms with van der Waals surface area (Å²) in [7, 11) is -3.46. The molecule has 1 aromatic heterocycles. The Kier molecular flexibility index (Phi) is 5.39. The molecule has 3 aromatic rings. The first kappa shape index (κ1) is 20.2. The molecule has 0 bridgehead atoms. The predicted molar refractivity (Wildman–Crippen MR) is 121 cm³/mol. The van der Waals surface area contributed by atoms with Crippen molar-refractivity contribution in [2.75, 3.05) is 24.1 Å². The van der Waals surface area contributed by atoms with Crippen molar-refractivity contribution < 1.29 is 13.5 Å². The number of thiazole rings is 1. The smallest absolute Gasteiger partial charge is 0.235 e. The van der Waals surface area contributed by atoms with Crippen LogP contribution in [0.2, 0.25) is 0 Å². The number of benzene rings is 2. The maximum Gasteiger partial charge on any atom is 0.235 e. The highest BCUT2D eigenvalue weighted by Gasteiger charge is 2.25. The summed E-state index contributed by atoms with van der Waals surface area (Å²) in [5.41, 5.74) is 9.79. The number of hydrogen-bond acceptors (Lipinski definition) is 7. The summed E-state index contributed by atoms with van der Waals surface area (Å²) in [6.07, 6.45) is 0.654. The molecule has 1 aliphatic heterocycles. The second kappa shape index (κ2) is 7.99. The minimum absolute atomic E-state index is 0.0540. The number of nitrogens with zero attached hydrogens (tertiary/aromatic N) is 2. The zero-order valence-corrected chi connectivity index (χ0v) is 17.7. The molecule has 9 heteroatoms. The summed E-state index contributed by atoms with van der Waals surface area (Å²) in [6.45, 7) is 4.53. The van der Waals surface area contributed by atoms with Crippen LogP contribution in [0.5, 0.6) is 5.75 Å². The van der Waals surface area contributed by atoms with Crippen LogP contribution in [0.4, 0.5) is 10.8 Å². The molecule has 4 rings (SSSR count). The molecule has 0 amide bonds. The first-order valence-electron chi connectivity index (χ1n) is 9.22. The van der Waals surface area contributed by atoms with Gasteiger partial charge in [-0.1, -0.05) is 41.9 Å². The van der Waals surface area contributed by atoms with Crippen LogP contribution < -0.4 is 11.1 Å². The van der Waals surface area contributed by atoms with Crippen molar-refractivity contribution in [1.29, 1.82) is 0 Å². The zero-order chi connectivity index (χ0) is 21.3. The quantitative estimate of drug-likeness (QED) is 0.539. The molecule has 7 nitrogen and oxygen atoms in total. The third-order valence-electron chi connectivity index (χ3n) is 4.90. The Labute approximate surface area is 178 Å². The van der Waals surface area contributed by atoms with Gasteiger partial charge in [-0.05, 0) is 35.7 Å². The number of nitrogens with two attached hydrogens (primary N) is 1. The summed E-state index contributed by atoms with van der Waals surface area (Å²) in [5.74, 6) is 6.12. The topological polar surface area (TPSA) is 109 Å². The molecule has 0 spiro atoms. The van der Waals surface area contributed by atoms with E-state index in [9.17, 15) is 13.5 Å². The second-order valence-electron chi connectivity index (χ2n) is 6.79. The number of anilines is 2. The van der Waals surface area contributed by atoms with E-state index < -0.39 is 10.0 Å². The molecular weight excluding hydrogens is 420 g/mol. The van der Waals surface area contributed by atoms with E-state index in [0.717, 1.165) is 26.9 Å². The van der Waals surface area contributed by atoms with Gasteiger partial charge in [-0.15, -0.1) is 0 Å². The number of rotatable bonds is 4. The van der Waals surface area contributed by atoms with E-state index in [4.69, 9.17) is 5.73 Å². The van der Waals surface area contributed by atoms with Gasteiger partial charge in [-0.2, -0.15) is 4.31 Å². The zero-order valence-electron chi connectivity index (χ0n) is 16.1.